The molecule has 6 rings (SSSR count). The molecule has 4 N–H and O–H groups in total. The SMILES string of the molecule is O=C(NCCCCCCNC(=O)OCOC(=O)NCCCCCCCC(=O)OCc1ccc2[n+](c1)CC[n+]1ccccc1-2)NCc1ccc2[n+](c1)CC[n+]1ccccc1-2. The fourth-order valence-electron chi connectivity index (χ4n) is 7.28. The Labute approximate surface area is 345 Å². The van der Waals surface area contributed by atoms with Gasteiger partial charge >= 0.3 is 24.2 Å². The molecule has 6 heterocycles. The highest BCUT2D eigenvalue weighted by atomic mass is 16.7. The van der Waals surface area contributed by atoms with Gasteiger partial charge in [-0.1, -0.05) is 32.1 Å². The molecule has 0 spiro atoms. The smallest absolute Gasteiger partial charge is 0.410 e. The number of carbonyl (C=O) groups excluding carboxylic acids is 4. The Morgan fingerprint density at radius 2 is 0.983 bits per heavy atom. The summed E-state index contributed by atoms with van der Waals surface area (Å²) >= 11 is 0. The third-order valence-electron chi connectivity index (χ3n) is 10.5. The molecule has 0 atom stereocenters. The molecule has 4 aromatic heterocycles. The molecule has 0 bridgehead atoms. The van der Waals surface area contributed by atoms with Crippen LogP contribution < -0.4 is 39.5 Å². The van der Waals surface area contributed by atoms with Crippen molar-refractivity contribution in [2.45, 2.75) is 104 Å². The molecule has 0 saturated carbocycles. The molecule has 312 valence electrons. The van der Waals surface area contributed by atoms with E-state index in [0.29, 0.717) is 32.6 Å². The predicted octanol–water partition coefficient (Wildman–Crippen LogP) is 4.05. The summed E-state index contributed by atoms with van der Waals surface area (Å²) in [5, 5.41) is 11.1. The van der Waals surface area contributed by atoms with Crippen molar-refractivity contribution >= 4 is 24.2 Å². The van der Waals surface area contributed by atoms with Crippen molar-refractivity contribution in [1.82, 2.24) is 21.3 Å². The zero-order valence-electron chi connectivity index (χ0n) is 33.9. The summed E-state index contributed by atoms with van der Waals surface area (Å²) in [6.07, 6.45) is 15.1. The van der Waals surface area contributed by atoms with Gasteiger partial charge in [-0.15, -0.1) is 0 Å². The number of carbonyl (C=O) groups is 4. The number of aryl methyl sites for hydroxylation is 4. The van der Waals surface area contributed by atoms with Gasteiger partial charge in [-0.3, -0.25) is 4.79 Å². The standard InChI is InChI=1S/C44H55N8O7/c53-41(57-33-36-18-20-40-38-15-8-13-25-50(38)27-29-52(40)32-36)16-6-2-1-3-10-22-46-43(55)58-34-59-44(56)47-23-11-5-4-9-21-45-42(54)48-30-35-17-19-39-37-14-7-12-24-49(37)26-28-51(39)31-35/h7-8,12-15,17-20,24-25,31-32H,1-6,9-11,16,21-23,26-30,33-34H2,(H-3,45,46,47,48,54,55,56)/q+1/p+3. The van der Waals surface area contributed by atoms with Crippen LogP contribution in [-0.4, -0.2) is 50.6 Å². The van der Waals surface area contributed by atoms with E-state index in [0.717, 1.165) is 101 Å². The molecule has 0 fully saturated rings. The number of amides is 4. The monoisotopic (exact) mass is 810 g/mol. The Kier molecular flexibility index (Phi) is 16.4. The van der Waals surface area contributed by atoms with Crippen molar-refractivity contribution in [2.75, 3.05) is 26.4 Å². The van der Waals surface area contributed by atoms with Crippen LogP contribution in [0.2, 0.25) is 0 Å². The number of ether oxygens (including phenoxy) is 3. The molecule has 2 aliphatic heterocycles. The molecule has 0 radical (unpaired) electrons. The van der Waals surface area contributed by atoms with Crippen LogP contribution in [0.15, 0.2) is 85.5 Å². The van der Waals surface area contributed by atoms with Crippen LogP contribution in [0.3, 0.4) is 0 Å². The Bertz CT molecular complexity index is 1900. The normalized spacial score (nSPS) is 12.1. The first-order valence-electron chi connectivity index (χ1n) is 20.9. The number of esters is 1. The number of rotatable bonds is 21. The van der Waals surface area contributed by atoms with Crippen LogP contribution in [0, 0.1) is 0 Å². The Balaban J connectivity index is 0.685. The van der Waals surface area contributed by atoms with E-state index in [-0.39, 0.29) is 18.6 Å². The summed E-state index contributed by atoms with van der Waals surface area (Å²) in [6, 6.07) is 20.5. The van der Waals surface area contributed by atoms with Gasteiger partial charge in [0.25, 0.3) is 22.8 Å². The highest BCUT2D eigenvalue weighted by Crippen LogP contribution is 2.16. The molecular formula is C44H58N8O7+4. The zero-order valence-corrected chi connectivity index (χ0v) is 33.9. The minimum absolute atomic E-state index is 0.194. The molecule has 4 amide bonds. The number of alkyl carbamates (subject to hydrolysis) is 2. The maximum Gasteiger partial charge on any atom is 0.410 e. The first kappa shape index (κ1) is 42.5. The van der Waals surface area contributed by atoms with E-state index in [1.807, 2.05) is 30.3 Å². The lowest BCUT2D eigenvalue weighted by Gasteiger charge is -2.11. The second kappa shape index (κ2) is 22.7. The van der Waals surface area contributed by atoms with Gasteiger partial charge in [0.05, 0.1) is 12.1 Å². The lowest BCUT2D eigenvalue weighted by molar-refractivity contribution is -0.795. The van der Waals surface area contributed by atoms with Crippen LogP contribution in [0.4, 0.5) is 14.4 Å². The van der Waals surface area contributed by atoms with Gasteiger partial charge in [-0.2, -0.15) is 18.3 Å². The van der Waals surface area contributed by atoms with Crippen LogP contribution in [0.1, 0.15) is 75.3 Å². The van der Waals surface area contributed by atoms with Gasteiger partial charge in [0.15, 0.2) is 24.8 Å². The lowest BCUT2D eigenvalue weighted by atomic mass is 10.1. The number of urea groups is 1. The largest absolute Gasteiger partial charge is 0.461 e. The molecule has 0 aliphatic carbocycles. The van der Waals surface area contributed by atoms with E-state index in [9.17, 15) is 19.2 Å². The third-order valence-corrected chi connectivity index (χ3v) is 10.5. The van der Waals surface area contributed by atoms with E-state index in [1.165, 1.54) is 17.1 Å². The molecule has 15 nitrogen and oxygen atoms in total. The summed E-state index contributed by atoms with van der Waals surface area (Å²) in [5.74, 6) is -0.194. The number of hydrogen-bond acceptors (Lipinski definition) is 7. The van der Waals surface area contributed by atoms with Gasteiger partial charge in [-0.25, -0.2) is 14.4 Å². The van der Waals surface area contributed by atoms with Crippen LogP contribution in [-0.2, 0) is 58.3 Å². The maximum atomic E-state index is 12.3. The highest BCUT2D eigenvalue weighted by Gasteiger charge is 2.30. The van der Waals surface area contributed by atoms with E-state index in [4.69, 9.17) is 14.2 Å². The first-order chi connectivity index (χ1) is 28.9. The Morgan fingerprint density at radius 3 is 1.59 bits per heavy atom. The van der Waals surface area contributed by atoms with E-state index >= 15 is 0 Å². The zero-order chi connectivity index (χ0) is 41.1. The number of aromatic nitrogens is 4. The molecule has 4 aromatic rings. The number of unbranched alkanes of at least 4 members (excludes halogenated alkanes) is 7. The average Bonchev–Trinajstić information content (AvgIpc) is 3.26. The third kappa shape index (κ3) is 13.5. The predicted molar refractivity (Wildman–Crippen MR) is 215 cm³/mol. The summed E-state index contributed by atoms with van der Waals surface area (Å²) in [6.45, 7) is 5.30. The Hall–Kier alpha value is -6.12. The summed E-state index contributed by atoms with van der Waals surface area (Å²) in [7, 11) is 0. The van der Waals surface area contributed by atoms with Crippen LogP contribution in [0.25, 0.3) is 22.8 Å². The van der Waals surface area contributed by atoms with Crippen molar-refractivity contribution in [3.05, 3.63) is 96.6 Å². The maximum absolute atomic E-state index is 12.3. The number of fused-ring (bicyclic) bond motifs is 6. The van der Waals surface area contributed by atoms with Crippen molar-refractivity contribution in [3.63, 3.8) is 0 Å². The number of hydrogen-bond donors (Lipinski definition) is 4. The van der Waals surface area contributed by atoms with E-state index < -0.39 is 19.0 Å². The summed E-state index contributed by atoms with van der Waals surface area (Å²) in [5.41, 5.74) is 6.71. The quantitative estimate of drug-likeness (QED) is 0.0428. The highest BCUT2D eigenvalue weighted by molar-refractivity contribution is 5.73. The molecule has 59 heavy (non-hydrogen) atoms. The van der Waals surface area contributed by atoms with E-state index in [1.54, 1.807) is 0 Å². The Morgan fingerprint density at radius 1 is 0.492 bits per heavy atom. The molecular weight excluding hydrogens is 753 g/mol. The second-order valence-electron chi connectivity index (χ2n) is 14.8. The van der Waals surface area contributed by atoms with E-state index in [2.05, 4.69) is 94.7 Å². The molecule has 0 aromatic carbocycles. The summed E-state index contributed by atoms with van der Waals surface area (Å²) in [4.78, 5) is 48.4. The fourth-order valence-corrected chi connectivity index (χ4v) is 7.28. The van der Waals surface area contributed by atoms with Gasteiger partial charge < -0.3 is 35.5 Å². The first-order valence-corrected chi connectivity index (χ1v) is 20.9. The molecule has 2 aliphatic rings. The number of nitrogens with one attached hydrogen (secondary N) is 4. The topological polar surface area (TPSA) is 160 Å². The van der Waals surface area contributed by atoms with Crippen molar-refractivity contribution in [1.29, 1.82) is 0 Å². The van der Waals surface area contributed by atoms with Crippen molar-refractivity contribution in [2.24, 2.45) is 0 Å². The van der Waals surface area contributed by atoms with Crippen LogP contribution in [0.5, 0.6) is 0 Å². The van der Waals surface area contributed by atoms with Gasteiger partial charge in [0.2, 0.25) is 33.0 Å². The van der Waals surface area contributed by atoms with Crippen molar-refractivity contribution in [3.8, 4) is 22.8 Å². The van der Waals surface area contributed by atoms with Crippen LogP contribution >= 0.6 is 0 Å². The molecule has 0 saturated heterocycles. The van der Waals surface area contributed by atoms with Gasteiger partial charge in [-0.05, 0) is 49.9 Å². The molecule has 15 heteroatoms. The average molecular weight is 811 g/mol. The second-order valence-corrected chi connectivity index (χ2v) is 14.8. The molecule has 0 unspecified atom stereocenters. The number of nitrogens with zero attached hydrogens (tertiary/aromatic N) is 4. The fraction of sp³-hybridized carbons (Fsp3) is 0.455. The van der Waals surface area contributed by atoms with Gasteiger partial charge in [0, 0.05) is 68.0 Å². The minimum Gasteiger partial charge on any atom is -0.461 e. The number of pyridine rings is 4. The minimum atomic E-state index is -0.649. The lowest BCUT2D eigenvalue weighted by Crippen LogP contribution is -2.53. The summed E-state index contributed by atoms with van der Waals surface area (Å²) < 4.78 is 24.3. The van der Waals surface area contributed by atoms with Gasteiger partial charge in [0.1, 0.15) is 6.61 Å². The van der Waals surface area contributed by atoms with Crippen molar-refractivity contribution < 1.29 is 51.7 Å².